The Labute approximate surface area is 73.4 Å². The van der Waals surface area contributed by atoms with E-state index in [0.717, 1.165) is 25.9 Å². The minimum Gasteiger partial charge on any atom is -0.381 e. The molecule has 4 nitrogen and oxygen atoms in total. The monoisotopic (exact) mass is 174 g/mol. The van der Waals surface area contributed by atoms with Gasteiger partial charge in [0.1, 0.15) is 0 Å². The number of ether oxygens (including phenoxy) is 1. The highest BCUT2D eigenvalue weighted by Gasteiger charge is 1.96. The highest BCUT2D eigenvalue weighted by Crippen LogP contribution is 1.92. The predicted molar refractivity (Wildman–Crippen MR) is 47.3 cm³/mol. The lowest BCUT2D eigenvalue weighted by Gasteiger charge is -2.01. The van der Waals surface area contributed by atoms with E-state index in [1.807, 2.05) is 0 Å². The Hall–Kier alpha value is -0.610. The standard InChI is InChI=1S/C8H18N2O2/c1-2-3-6-12-7-4-5-8(11)10-9/h2-7,9H2,1H3,(H,10,11). The smallest absolute Gasteiger partial charge is 0.233 e. The summed E-state index contributed by atoms with van der Waals surface area (Å²) in [5, 5.41) is 0. The molecule has 0 aliphatic rings. The van der Waals surface area contributed by atoms with Crippen LogP contribution in [0.4, 0.5) is 0 Å². The number of hydrogen-bond acceptors (Lipinski definition) is 3. The van der Waals surface area contributed by atoms with Crippen molar-refractivity contribution in [3.8, 4) is 0 Å². The van der Waals surface area contributed by atoms with Crippen LogP contribution in [-0.4, -0.2) is 19.1 Å². The van der Waals surface area contributed by atoms with E-state index in [9.17, 15) is 4.79 Å². The number of carbonyl (C=O) groups excluding carboxylic acids is 1. The van der Waals surface area contributed by atoms with E-state index in [-0.39, 0.29) is 5.91 Å². The normalized spacial score (nSPS) is 9.83. The predicted octanol–water partition coefficient (Wildman–Crippen LogP) is 0.573. The summed E-state index contributed by atoms with van der Waals surface area (Å²) >= 11 is 0. The van der Waals surface area contributed by atoms with Gasteiger partial charge in [-0.3, -0.25) is 10.2 Å². The topological polar surface area (TPSA) is 64.3 Å². The van der Waals surface area contributed by atoms with Crippen LogP contribution < -0.4 is 11.3 Å². The summed E-state index contributed by atoms with van der Waals surface area (Å²) < 4.78 is 5.25. The van der Waals surface area contributed by atoms with Gasteiger partial charge in [-0.05, 0) is 12.8 Å². The second-order valence-corrected chi connectivity index (χ2v) is 2.64. The van der Waals surface area contributed by atoms with Gasteiger partial charge in [-0.25, -0.2) is 5.84 Å². The molecule has 0 saturated carbocycles. The molecule has 4 heteroatoms. The molecule has 0 aromatic carbocycles. The number of nitrogens with one attached hydrogen (secondary N) is 1. The fraction of sp³-hybridized carbons (Fsp3) is 0.875. The average Bonchev–Trinajstić information content (AvgIpc) is 2.10. The van der Waals surface area contributed by atoms with Crippen molar-refractivity contribution in [2.75, 3.05) is 13.2 Å². The number of nitrogens with two attached hydrogens (primary N) is 1. The molecular weight excluding hydrogens is 156 g/mol. The van der Waals surface area contributed by atoms with Crippen molar-refractivity contribution in [2.24, 2.45) is 5.84 Å². The molecule has 0 saturated heterocycles. The van der Waals surface area contributed by atoms with Gasteiger partial charge in [-0.2, -0.15) is 0 Å². The van der Waals surface area contributed by atoms with Crippen molar-refractivity contribution in [2.45, 2.75) is 32.6 Å². The molecule has 12 heavy (non-hydrogen) atoms. The number of hydrogen-bond donors (Lipinski definition) is 2. The lowest BCUT2D eigenvalue weighted by atomic mass is 10.3. The molecular formula is C8H18N2O2. The summed E-state index contributed by atoms with van der Waals surface area (Å²) in [6, 6.07) is 0. The van der Waals surface area contributed by atoms with Gasteiger partial charge >= 0.3 is 0 Å². The molecule has 0 bridgehead atoms. The zero-order chi connectivity index (χ0) is 9.23. The zero-order valence-electron chi connectivity index (χ0n) is 7.64. The maximum atomic E-state index is 10.6. The maximum Gasteiger partial charge on any atom is 0.233 e. The summed E-state index contributed by atoms with van der Waals surface area (Å²) in [7, 11) is 0. The molecule has 3 N–H and O–H groups in total. The number of rotatable bonds is 7. The fourth-order valence-corrected chi connectivity index (χ4v) is 0.755. The molecule has 0 unspecified atom stereocenters. The number of hydrazine groups is 1. The summed E-state index contributed by atoms with van der Waals surface area (Å²) in [5.74, 6) is 4.76. The summed E-state index contributed by atoms with van der Waals surface area (Å²) in [5.41, 5.74) is 2.07. The van der Waals surface area contributed by atoms with E-state index in [4.69, 9.17) is 10.6 Å². The van der Waals surface area contributed by atoms with Crippen molar-refractivity contribution in [1.82, 2.24) is 5.43 Å². The molecule has 0 rings (SSSR count). The van der Waals surface area contributed by atoms with Gasteiger partial charge in [0.25, 0.3) is 0 Å². The molecule has 72 valence electrons. The Morgan fingerprint density at radius 2 is 2.08 bits per heavy atom. The lowest BCUT2D eigenvalue weighted by molar-refractivity contribution is -0.121. The molecule has 0 fully saturated rings. The summed E-state index contributed by atoms with van der Waals surface area (Å²) in [6.07, 6.45) is 3.42. The van der Waals surface area contributed by atoms with Crippen molar-refractivity contribution >= 4 is 5.91 Å². The Balaban J connectivity index is 2.95. The first-order valence-electron chi connectivity index (χ1n) is 4.38. The van der Waals surface area contributed by atoms with Crippen molar-refractivity contribution < 1.29 is 9.53 Å². The van der Waals surface area contributed by atoms with E-state index < -0.39 is 0 Å². The van der Waals surface area contributed by atoms with Crippen LogP contribution in [0.15, 0.2) is 0 Å². The molecule has 0 heterocycles. The zero-order valence-corrected chi connectivity index (χ0v) is 7.64. The minimum absolute atomic E-state index is 0.130. The Kier molecular flexibility index (Phi) is 8.05. The van der Waals surface area contributed by atoms with Gasteiger partial charge in [0.15, 0.2) is 0 Å². The summed E-state index contributed by atoms with van der Waals surface area (Å²) in [4.78, 5) is 10.6. The largest absolute Gasteiger partial charge is 0.381 e. The summed E-state index contributed by atoms with van der Waals surface area (Å²) in [6.45, 7) is 3.55. The first-order valence-corrected chi connectivity index (χ1v) is 4.38. The first kappa shape index (κ1) is 11.4. The Bertz CT molecular complexity index is 118. The molecule has 0 aliphatic carbocycles. The third-order valence-electron chi connectivity index (χ3n) is 1.50. The van der Waals surface area contributed by atoms with Crippen molar-refractivity contribution in [3.63, 3.8) is 0 Å². The van der Waals surface area contributed by atoms with Crippen LogP contribution in [0.1, 0.15) is 32.6 Å². The van der Waals surface area contributed by atoms with E-state index in [1.54, 1.807) is 0 Å². The molecule has 0 spiro atoms. The van der Waals surface area contributed by atoms with E-state index in [1.165, 1.54) is 0 Å². The quantitative estimate of drug-likeness (QED) is 0.257. The van der Waals surface area contributed by atoms with E-state index >= 15 is 0 Å². The Morgan fingerprint density at radius 1 is 1.42 bits per heavy atom. The van der Waals surface area contributed by atoms with Gasteiger partial charge in [0.2, 0.25) is 5.91 Å². The average molecular weight is 174 g/mol. The van der Waals surface area contributed by atoms with Gasteiger partial charge in [0.05, 0.1) is 0 Å². The van der Waals surface area contributed by atoms with E-state index in [0.29, 0.717) is 13.0 Å². The lowest BCUT2D eigenvalue weighted by Crippen LogP contribution is -2.29. The SMILES string of the molecule is CCCCOCCCC(=O)NN. The second-order valence-electron chi connectivity index (χ2n) is 2.64. The molecule has 0 radical (unpaired) electrons. The van der Waals surface area contributed by atoms with Crippen LogP contribution in [0, 0.1) is 0 Å². The van der Waals surface area contributed by atoms with Crippen molar-refractivity contribution in [3.05, 3.63) is 0 Å². The minimum atomic E-state index is -0.130. The van der Waals surface area contributed by atoms with Crippen LogP contribution in [0.2, 0.25) is 0 Å². The van der Waals surface area contributed by atoms with Crippen LogP contribution >= 0.6 is 0 Å². The van der Waals surface area contributed by atoms with Crippen molar-refractivity contribution in [1.29, 1.82) is 0 Å². The highest BCUT2D eigenvalue weighted by atomic mass is 16.5. The Morgan fingerprint density at radius 3 is 2.67 bits per heavy atom. The van der Waals surface area contributed by atoms with E-state index in [2.05, 4.69) is 12.3 Å². The first-order chi connectivity index (χ1) is 5.81. The van der Waals surface area contributed by atoms with Crippen LogP contribution in [-0.2, 0) is 9.53 Å². The maximum absolute atomic E-state index is 10.6. The number of unbranched alkanes of at least 4 members (excludes halogenated alkanes) is 1. The number of carbonyl (C=O) groups is 1. The molecule has 0 aromatic heterocycles. The van der Waals surface area contributed by atoms with Gasteiger partial charge < -0.3 is 4.74 Å². The molecule has 1 amide bonds. The second kappa shape index (κ2) is 8.49. The molecule has 0 aromatic rings. The van der Waals surface area contributed by atoms with Crippen LogP contribution in [0.5, 0.6) is 0 Å². The highest BCUT2D eigenvalue weighted by molar-refractivity contribution is 5.75. The van der Waals surface area contributed by atoms with Gasteiger partial charge in [0, 0.05) is 19.6 Å². The third kappa shape index (κ3) is 7.50. The van der Waals surface area contributed by atoms with Gasteiger partial charge in [-0.1, -0.05) is 13.3 Å². The molecule has 0 atom stereocenters. The number of amides is 1. The van der Waals surface area contributed by atoms with Crippen LogP contribution in [0.3, 0.4) is 0 Å². The van der Waals surface area contributed by atoms with Crippen LogP contribution in [0.25, 0.3) is 0 Å². The third-order valence-corrected chi connectivity index (χ3v) is 1.50. The molecule has 0 aliphatic heterocycles. The van der Waals surface area contributed by atoms with Gasteiger partial charge in [-0.15, -0.1) is 0 Å². The fourth-order valence-electron chi connectivity index (χ4n) is 0.755.